The molecule has 0 saturated heterocycles. The Morgan fingerprint density at radius 3 is 1.83 bits per heavy atom. The first kappa shape index (κ1) is 22.5. The summed E-state index contributed by atoms with van der Waals surface area (Å²) in [6.07, 6.45) is 10.2. The minimum absolute atomic E-state index is 0.464. The van der Waals surface area contributed by atoms with E-state index < -0.39 is 12.3 Å². The number of aliphatic hydroxyl groups excluding tert-OH is 1. The molecule has 0 saturated carbocycles. The number of benzene rings is 2. The van der Waals surface area contributed by atoms with Gasteiger partial charge in [0.05, 0.1) is 0 Å². The van der Waals surface area contributed by atoms with Crippen molar-refractivity contribution in [3.63, 3.8) is 0 Å². The topological polar surface area (TPSA) is 74.2 Å². The van der Waals surface area contributed by atoms with Gasteiger partial charge in [0.1, 0.15) is 36.5 Å². The van der Waals surface area contributed by atoms with E-state index in [1.807, 2.05) is 48.5 Å². The van der Waals surface area contributed by atoms with E-state index in [1.54, 1.807) is 26.0 Å². The third-order valence-corrected chi connectivity index (χ3v) is 3.62. The average molecular weight is 408 g/mol. The van der Waals surface area contributed by atoms with Crippen LogP contribution in [0.1, 0.15) is 13.8 Å². The lowest BCUT2D eigenvalue weighted by molar-refractivity contribution is -0.132. The van der Waals surface area contributed by atoms with Crippen molar-refractivity contribution in [1.82, 2.24) is 0 Å². The second-order valence-electron chi connectivity index (χ2n) is 5.82. The molecule has 2 aromatic carbocycles. The summed E-state index contributed by atoms with van der Waals surface area (Å²) in [6, 6.07) is 15.0. The smallest absolute Gasteiger partial charge is 0.335 e. The van der Waals surface area contributed by atoms with Crippen LogP contribution in [-0.2, 0) is 14.3 Å². The van der Waals surface area contributed by atoms with Crippen molar-refractivity contribution in [3.05, 3.63) is 97.9 Å². The predicted molar refractivity (Wildman–Crippen MR) is 114 cm³/mol. The van der Waals surface area contributed by atoms with Crippen LogP contribution in [0.25, 0.3) is 11.1 Å². The lowest BCUT2D eigenvalue weighted by atomic mass is 10.1. The van der Waals surface area contributed by atoms with Gasteiger partial charge in [-0.25, -0.2) is 4.79 Å². The number of rotatable bonds is 10. The molecule has 156 valence electrons. The van der Waals surface area contributed by atoms with Crippen LogP contribution in [0.4, 0.5) is 0 Å². The first-order valence-electron chi connectivity index (χ1n) is 9.26. The quantitative estimate of drug-likeness (QED) is 0.194. The lowest BCUT2D eigenvalue weighted by Gasteiger charge is -2.06. The minimum atomic E-state index is -0.993. The summed E-state index contributed by atoms with van der Waals surface area (Å²) in [5.41, 5.74) is 2.01. The molecule has 0 aromatic heterocycles. The predicted octanol–water partition coefficient (Wildman–Crippen LogP) is 5.08. The van der Waals surface area contributed by atoms with Crippen molar-refractivity contribution in [3.8, 4) is 22.6 Å². The second-order valence-corrected chi connectivity index (χ2v) is 5.82. The maximum Gasteiger partial charge on any atom is 0.335 e. The van der Waals surface area contributed by atoms with Crippen LogP contribution >= 0.6 is 0 Å². The Morgan fingerprint density at radius 1 is 0.800 bits per heavy atom. The number of hydrogen-bond donors (Lipinski definition) is 1. The van der Waals surface area contributed by atoms with Crippen molar-refractivity contribution in [2.75, 3.05) is 0 Å². The van der Waals surface area contributed by atoms with Crippen LogP contribution in [0.3, 0.4) is 0 Å². The summed E-state index contributed by atoms with van der Waals surface area (Å²) in [7, 11) is 0. The molecule has 0 aliphatic rings. The van der Waals surface area contributed by atoms with E-state index in [0.717, 1.165) is 11.1 Å². The highest BCUT2D eigenvalue weighted by Gasteiger charge is 2.00. The Balaban J connectivity index is 1.85. The van der Waals surface area contributed by atoms with Crippen LogP contribution in [0.5, 0.6) is 11.5 Å². The fraction of sp³-hybridized carbons (Fsp3) is 0.125. The van der Waals surface area contributed by atoms with Crippen molar-refractivity contribution >= 4 is 5.97 Å². The van der Waals surface area contributed by atoms with Gasteiger partial charge in [-0.3, -0.25) is 0 Å². The minimum Gasteiger partial charge on any atom is -0.466 e. The summed E-state index contributed by atoms with van der Waals surface area (Å²) in [6.45, 7) is 3.52. The van der Waals surface area contributed by atoms with Gasteiger partial charge in [0.25, 0.3) is 0 Å². The fourth-order valence-corrected chi connectivity index (χ4v) is 2.26. The van der Waals surface area contributed by atoms with Gasteiger partial charge < -0.3 is 24.1 Å². The molecule has 1 atom stereocenters. The Morgan fingerprint density at radius 2 is 1.33 bits per heavy atom. The molecule has 0 spiro atoms. The highest BCUT2D eigenvalue weighted by Crippen LogP contribution is 2.24. The third kappa shape index (κ3) is 8.08. The van der Waals surface area contributed by atoms with Crippen LogP contribution in [0.15, 0.2) is 97.9 Å². The molecule has 30 heavy (non-hydrogen) atoms. The van der Waals surface area contributed by atoms with Gasteiger partial charge in [0.15, 0.2) is 0 Å². The van der Waals surface area contributed by atoms with Crippen LogP contribution < -0.4 is 9.47 Å². The van der Waals surface area contributed by atoms with Gasteiger partial charge in [-0.15, -0.1) is 0 Å². The zero-order valence-corrected chi connectivity index (χ0v) is 16.8. The van der Waals surface area contributed by atoms with Gasteiger partial charge in [-0.05, 0) is 55.3 Å². The first-order chi connectivity index (χ1) is 14.6. The molecule has 0 fully saturated rings. The van der Waals surface area contributed by atoms with E-state index >= 15 is 0 Å². The van der Waals surface area contributed by atoms with Gasteiger partial charge in [0.2, 0.25) is 6.29 Å². The molecule has 2 rings (SSSR count). The van der Waals surface area contributed by atoms with E-state index in [1.165, 1.54) is 37.2 Å². The zero-order chi connectivity index (χ0) is 21.6. The number of allylic oxidation sites excluding steroid dienone is 2. The molecule has 0 aliphatic heterocycles. The maximum atomic E-state index is 11.2. The van der Waals surface area contributed by atoms with E-state index in [4.69, 9.17) is 18.9 Å². The van der Waals surface area contributed by atoms with Crippen LogP contribution in [-0.4, -0.2) is 17.4 Å². The molecule has 0 radical (unpaired) electrons. The van der Waals surface area contributed by atoms with Crippen molar-refractivity contribution < 1.29 is 28.8 Å². The molecule has 2 aromatic rings. The summed E-state index contributed by atoms with van der Waals surface area (Å²) in [4.78, 5) is 11.2. The maximum absolute atomic E-state index is 11.2. The van der Waals surface area contributed by atoms with E-state index in [-0.39, 0.29) is 0 Å². The van der Waals surface area contributed by atoms with Crippen molar-refractivity contribution in [2.45, 2.75) is 20.1 Å². The number of hydrogen-bond acceptors (Lipinski definition) is 6. The Kier molecular flexibility index (Phi) is 9.49. The third-order valence-electron chi connectivity index (χ3n) is 3.62. The monoisotopic (exact) mass is 408 g/mol. The van der Waals surface area contributed by atoms with Gasteiger partial charge >= 0.3 is 5.97 Å². The first-order valence-corrected chi connectivity index (χ1v) is 9.26. The average Bonchev–Trinajstić information content (AvgIpc) is 2.76. The molecule has 1 unspecified atom stereocenters. The Hall–Kier alpha value is -3.77. The second kappa shape index (κ2) is 12.6. The Labute approximate surface area is 176 Å². The molecule has 0 amide bonds. The standard InChI is InChI=1S/C24H24O6/c1-3-5-23(25)29-17-15-27-21-11-7-19(8-12-21)20-9-13-22(14-10-20)28-16-18-30-24(26)6-4-2/h3-18,23,25H,1-2H3/b5-3+,6-4+,17-15-,18-16-. The SMILES string of the molecule is C/C=C/C(=O)O/C=C\Oc1ccc(-c2ccc(O/C=C\OC(O)/C=C/C)cc2)cc1. The van der Waals surface area contributed by atoms with Gasteiger partial charge in [-0.1, -0.05) is 36.4 Å². The fourth-order valence-electron chi connectivity index (χ4n) is 2.26. The van der Waals surface area contributed by atoms with Gasteiger partial charge in [0, 0.05) is 6.08 Å². The number of carbonyl (C=O) groups excluding carboxylic acids is 1. The Bertz CT molecular complexity index is 892. The summed E-state index contributed by atoms with van der Waals surface area (Å²) in [5.74, 6) is 0.785. The summed E-state index contributed by atoms with van der Waals surface area (Å²) in [5, 5.41) is 9.38. The molecule has 6 nitrogen and oxygen atoms in total. The van der Waals surface area contributed by atoms with Crippen LogP contribution in [0.2, 0.25) is 0 Å². The molecule has 6 heteroatoms. The number of aliphatic hydroxyl groups is 1. The highest BCUT2D eigenvalue weighted by atomic mass is 16.6. The molecule has 0 aliphatic carbocycles. The van der Waals surface area contributed by atoms with Gasteiger partial charge in [-0.2, -0.15) is 0 Å². The molecule has 0 bridgehead atoms. The number of esters is 1. The molecular formula is C24H24O6. The van der Waals surface area contributed by atoms with E-state index in [9.17, 15) is 9.90 Å². The zero-order valence-electron chi connectivity index (χ0n) is 16.8. The van der Waals surface area contributed by atoms with E-state index in [2.05, 4.69) is 0 Å². The van der Waals surface area contributed by atoms with E-state index in [0.29, 0.717) is 11.5 Å². The number of carbonyl (C=O) groups is 1. The normalized spacial score (nSPS) is 12.6. The molecule has 0 heterocycles. The summed E-state index contributed by atoms with van der Waals surface area (Å²) >= 11 is 0. The number of ether oxygens (including phenoxy) is 4. The lowest BCUT2D eigenvalue weighted by Crippen LogP contribution is -2.03. The highest BCUT2D eigenvalue weighted by molar-refractivity contribution is 5.82. The van der Waals surface area contributed by atoms with Crippen molar-refractivity contribution in [2.24, 2.45) is 0 Å². The summed E-state index contributed by atoms with van der Waals surface area (Å²) < 4.78 is 20.6. The van der Waals surface area contributed by atoms with Crippen LogP contribution in [0, 0.1) is 0 Å². The molecule has 1 N–H and O–H groups in total. The van der Waals surface area contributed by atoms with Crippen molar-refractivity contribution in [1.29, 1.82) is 0 Å². The largest absolute Gasteiger partial charge is 0.466 e. The molecular weight excluding hydrogens is 384 g/mol.